The Morgan fingerprint density at radius 3 is 2.60 bits per heavy atom. The Morgan fingerprint density at radius 2 is 2.00 bits per heavy atom. The van der Waals surface area contributed by atoms with Crippen LogP contribution in [-0.2, 0) is 13.2 Å². The molecular weight excluding hydrogens is 273 g/mol. The fourth-order valence-electron chi connectivity index (χ4n) is 1.40. The highest BCUT2D eigenvalue weighted by molar-refractivity contribution is 9.10. The number of hydrogen-bond acceptors (Lipinski definition) is 1. The zero-order valence-corrected chi connectivity index (χ0v) is 9.22. The van der Waals surface area contributed by atoms with Gasteiger partial charge in [0.2, 0.25) is 0 Å². The molecule has 0 atom stereocenters. The molecule has 1 aromatic carbocycles. The maximum atomic E-state index is 12.4. The molecule has 1 heterocycles. The van der Waals surface area contributed by atoms with Gasteiger partial charge >= 0.3 is 6.18 Å². The van der Waals surface area contributed by atoms with E-state index in [9.17, 15) is 13.2 Å². The molecule has 0 unspecified atom stereocenters. The molecule has 6 heteroatoms. The summed E-state index contributed by atoms with van der Waals surface area (Å²) >= 11 is 3.11. The van der Waals surface area contributed by atoms with Gasteiger partial charge in [-0.25, -0.2) is 4.98 Å². The van der Waals surface area contributed by atoms with Crippen LogP contribution >= 0.6 is 15.9 Å². The number of halogens is 4. The number of nitrogens with zero attached hydrogens (tertiary/aromatic N) is 2. The predicted molar refractivity (Wildman–Crippen MR) is 53.4 cm³/mol. The van der Waals surface area contributed by atoms with Gasteiger partial charge in [-0.3, -0.25) is 0 Å². The van der Waals surface area contributed by atoms with Gasteiger partial charge in [0.05, 0.1) is 22.9 Å². The highest BCUT2D eigenvalue weighted by Crippen LogP contribution is 2.34. The average Bonchev–Trinajstić information content (AvgIpc) is 2.46. The summed E-state index contributed by atoms with van der Waals surface area (Å²) in [7, 11) is 1.73. The minimum atomic E-state index is -4.34. The number of aryl methyl sites for hydroxylation is 1. The van der Waals surface area contributed by atoms with E-state index in [-0.39, 0.29) is 0 Å². The highest BCUT2D eigenvalue weighted by atomic mass is 79.9. The summed E-state index contributed by atoms with van der Waals surface area (Å²) in [6.45, 7) is 0. The molecule has 0 aliphatic carbocycles. The third kappa shape index (κ3) is 1.73. The molecular formula is C9H6BrF3N2. The van der Waals surface area contributed by atoms with Crippen LogP contribution < -0.4 is 0 Å². The molecule has 0 radical (unpaired) electrons. The maximum absolute atomic E-state index is 12.4. The van der Waals surface area contributed by atoms with E-state index in [2.05, 4.69) is 20.9 Å². The van der Waals surface area contributed by atoms with Crippen molar-refractivity contribution in [3.63, 3.8) is 0 Å². The number of benzene rings is 1. The third-order valence-electron chi connectivity index (χ3n) is 2.09. The SMILES string of the molecule is Cn1cnc2cc(C(F)(F)F)cc(Br)c21. The smallest absolute Gasteiger partial charge is 0.333 e. The highest BCUT2D eigenvalue weighted by Gasteiger charge is 2.31. The molecule has 80 valence electrons. The quantitative estimate of drug-likeness (QED) is 0.723. The van der Waals surface area contributed by atoms with Crippen molar-refractivity contribution in [3.8, 4) is 0 Å². The standard InChI is InChI=1S/C9H6BrF3N2/c1-15-4-14-7-3-5(9(11,12)13)2-6(10)8(7)15/h2-4H,1H3. The van der Waals surface area contributed by atoms with Crippen molar-refractivity contribution in [2.45, 2.75) is 6.18 Å². The number of rotatable bonds is 0. The number of hydrogen-bond donors (Lipinski definition) is 0. The molecule has 2 nitrogen and oxygen atoms in total. The summed E-state index contributed by atoms with van der Waals surface area (Å²) in [6, 6.07) is 2.10. The molecule has 2 aromatic rings. The largest absolute Gasteiger partial charge is 0.416 e. The topological polar surface area (TPSA) is 17.8 Å². The Balaban J connectivity index is 2.74. The summed E-state index contributed by atoms with van der Waals surface area (Å²) in [5.41, 5.74) is 0.294. The lowest BCUT2D eigenvalue weighted by molar-refractivity contribution is -0.137. The van der Waals surface area contributed by atoms with Gasteiger partial charge in [0.25, 0.3) is 0 Å². The van der Waals surface area contributed by atoms with Crippen molar-refractivity contribution in [2.75, 3.05) is 0 Å². The van der Waals surface area contributed by atoms with Gasteiger partial charge in [-0.1, -0.05) is 0 Å². The fraction of sp³-hybridized carbons (Fsp3) is 0.222. The molecule has 0 spiro atoms. The maximum Gasteiger partial charge on any atom is 0.416 e. The second-order valence-electron chi connectivity index (χ2n) is 3.18. The first-order chi connectivity index (χ1) is 6.89. The van der Waals surface area contributed by atoms with Crippen LogP contribution in [0.5, 0.6) is 0 Å². The zero-order valence-electron chi connectivity index (χ0n) is 7.64. The Kier molecular flexibility index (Phi) is 2.26. The molecule has 2 rings (SSSR count). The summed E-state index contributed by atoms with van der Waals surface area (Å²) in [6.07, 6.45) is -2.86. The van der Waals surface area contributed by atoms with Crippen LogP contribution in [0.1, 0.15) is 5.56 Å². The minimum absolute atomic E-state index is 0.333. The molecule has 15 heavy (non-hydrogen) atoms. The van der Waals surface area contributed by atoms with Gasteiger partial charge in [-0.15, -0.1) is 0 Å². The lowest BCUT2D eigenvalue weighted by Crippen LogP contribution is -2.04. The van der Waals surface area contributed by atoms with Crippen LogP contribution in [0.25, 0.3) is 11.0 Å². The molecule has 0 fully saturated rings. The summed E-state index contributed by atoms with van der Waals surface area (Å²) < 4.78 is 39.4. The minimum Gasteiger partial charge on any atom is -0.333 e. The van der Waals surface area contributed by atoms with E-state index in [1.54, 1.807) is 11.6 Å². The van der Waals surface area contributed by atoms with Crippen molar-refractivity contribution < 1.29 is 13.2 Å². The second kappa shape index (κ2) is 3.23. The summed E-state index contributed by atoms with van der Waals surface area (Å²) in [5, 5.41) is 0. The number of imidazole rings is 1. The molecule has 0 saturated heterocycles. The Morgan fingerprint density at radius 1 is 1.33 bits per heavy atom. The van der Waals surface area contributed by atoms with Crippen molar-refractivity contribution >= 4 is 27.0 Å². The predicted octanol–water partition coefficient (Wildman–Crippen LogP) is 3.35. The van der Waals surface area contributed by atoms with Crippen molar-refractivity contribution in [2.24, 2.45) is 7.05 Å². The van der Waals surface area contributed by atoms with Gasteiger partial charge in [0.1, 0.15) is 0 Å². The van der Waals surface area contributed by atoms with Gasteiger partial charge in [0.15, 0.2) is 0 Å². The number of fused-ring (bicyclic) bond motifs is 1. The van der Waals surface area contributed by atoms with Crippen molar-refractivity contribution in [3.05, 3.63) is 28.5 Å². The number of alkyl halides is 3. The Bertz CT molecular complexity index is 516. The van der Waals surface area contributed by atoms with Crippen LogP contribution in [-0.4, -0.2) is 9.55 Å². The van der Waals surface area contributed by atoms with Gasteiger partial charge < -0.3 is 4.57 Å². The normalized spacial score (nSPS) is 12.3. The molecule has 0 amide bonds. The molecule has 0 saturated carbocycles. The van der Waals surface area contributed by atoms with E-state index >= 15 is 0 Å². The second-order valence-corrected chi connectivity index (χ2v) is 4.03. The summed E-state index contributed by atoms with van der Waals surface area (Å²) in [4.78, 5) is 3.89. The van der Waals surface area contributed by atoms with E-state index in [0.717, 1.165) is 12.1 Å². The van der Waals surface area contributed by atoms with Crippen LogP contribution in [0.2, 0.25) is 0 Å². The third-order valence-corrected chi connectivity index (χ3v) is 2.70. The van der Waals surface area contributed by atoms with Crippen LogP contribution in [0.3, 0.4) is 0 Å². The first kappa shape index (κ1) is 10.5. The van der Waals surface area contributed by atoms with Gasteiger partial charge in [0, 0.05) is 11.5 Å². The van der Waals surface area contributed by atoms with Gasteiger partial charge in [-0.2, -0.15) is 13.2 Å². The van der Waals surface area contributed by atoms with E-state index in [1.165, 1.54) is 6.33 Å². The first-order valence-corrected chi connectivity index (χ1v) is 4.86. The first-order valence-electron chi connectivity index (χ1n) is 4.07. The lowest BCUT2D eigenvalue weighted by atomic mass is 10.2. The molecule has 0 aliphatic rings. The Labute approximate surface area is 91.8 Å². The Hall–Kier alpha value is -1.04. The zero-order chi connectivity index (χ0) is 11.2. The van der Waals surface area contributed by atoms with Crippen LogP contribution in [0.4, 0.5) is 13.2 Å². The van der Waals surface area contributed by atoms with Gasteiger partial charge in [-0.05, 0) is 28.1 Å². The van der Waals surface area contributed by atoms with Crippen molar-refractivity contribution in [1.82, 2.24) is 9.55 Å². The average molecular weight is 279 g/mol. The van der Waals surface area contributed by atoms with E-state index in [0.29, 0.717) is 15.5 Å². The lowest BCUT2D eigenvalue weighted by Gasteiger charge is -2.07. The van der Waals surface area contributed by atoms with Crippen LogP contribution in [0, 0.1) is 0 Å². The molecule has 0 bridgehead atoms. The molecule has 1 aromatic heterocycles. The monoisotopic (exact) mass is 278 g/mol. The molecule has 0 N–H and O–H groups in total. The van der Waals surface area contributed by atoms with E-state index in [1.807, 2.05) is 0 Å². The fourth-order valence-corrected chi connectivity index (χ4v) is 2.13. The van der Waals surface area contributed by atoms with Crippen molar-refractivity contribution in [1.29, 1.82) is 0 Å². The van der Waals surface area contributed by atoms with E-state index in [4.69, 9.17) is 0 Å². The summed E-state index contributed by atoms with van der Waals surface area (Å²) in [5.74, 6) is 0. The van der Waals surface area contributed by atoms with Crippen LogP contribution in [0.15, 0.2) is 22.9 Å². The molecule has 0 aliphatic heterocycles. The van der Waals surface area contributed by atoms with E-state index < -0.39 is 11.7 Å². The number of aromatic nitrogens is 2.